The molecule has 0 aromatic heterocycles. The van der Waals surface area contributed by atoms with E-state index in [4.69, 9.17) is 4.74 Å². The molecule has 1 nitrogen and oxygen atoms in total. The fourth-order valence-electron chi connectivity index (χ4n) is 5.27. The van der Waals surface area contributed by atoms with Gasteiger partial charge in [0.25, 0.3) is 0 Å². The van der Waals surface area contributed by atoms with Crippen molar-refractivity contribution in [3.63, 3.8) is 0 Å². The number of ether oxygens (including phenoxy) is 1. The summed E-state index contributed by atoms with van der Waals surface area (Å²) < 4.78 is 6.85. The van der Waals surface area contributed by atoms with Gasteiger partial charge in [0.15, 0.2) is 0 Å². The SMILES string of the molecule is C1=C(c2ccccc2)C[C@H]2O[C@]1(C1CCCCC1)Cc1ccccc12. The largest absolute Gasteiger partial charge is 0.362 e. The number of fused-ring (bicyclic) bond motifs is 4. The third kappa shape index (κ3) is 2.66. The Labute approximate surface area is 150 Å². The van der Waals surface area contributed by atoms with E-state index >= 15 is 0 Å². The molecule has 1 aliphatic carbocycles. The van der Waals surface area contributed by atoms with Crippen molar-refractivity contribution < 1.29 is 4.74 Å². The third-order valence-corrected chi connectivity index (χ3v) is 6.50. The Morgan fingerprint density at radius 1 is 0.840 bits per heavy atom. The van der Waals surface area contributed by atoms with E-state index in [1.54, 1.807) is 0 Å². The van der Waals surface area contributed by atoms with Crippen molar-refractivity contribution in [1.29, 1.82) is 0 Å². The highest BCUT2D eigenvalue weighted by Gasteiger charge is 2.47. The lowest BCUT2D eigenvalue weighted by Gasteiger charge is -2.50. The predicted molar refractivity (Wildman–Crippen MR) is 102 cm³/mol. The molecule has 5 rings (SSSR count). The molecule has 0 radical (unpaired) electrons. The first-order valence-corrected chi connectivity index (χ1v) is 9.87. The van der Waals surface area contributed by atoms with Crippen molar-refractivity contribution in [1.82, 2.24) is 0 Å². The molecule has 1 heteroatoms. The first kappa shape index (κ1) is 15.4. The van der Waals surface area contributed by atoms with Crippen LogP contribution in [0.15, 0.2) is 60.7 Å². The van der Waals surface area contributed by atoms with Gasteiger partial charge in [0.2, 0.25) is 0 Å². The molecule has 1 fully saturated rings. The van der Waals surface area contributed by atoms with Crippen LogP contribution in [0, 0.1) is 5.92 Å². The average Bonchev–Trinajstić information content (AvgIpc) is 2.69. The van der Waals surface area contributed by atoms with E-state index in [9.17, 15) is 0 Å². The van der Waals surface area contributed by atoms with Gasteiger partial charge < -0.3 is 4.74 Å². The van der Waals surface area contributed by atoms with E-state index in [-0.39, 0.29) is 11.7 Å². The van der Waals surface area contributed by atoms with Gasteiger partial charge in [-0.2, -0.15) is 0 Å². The molecule has 3 aliphatic rings. The summed E-state index contributed by atoms with van der Waals surface area (Å²) in [6.07, 6.45) is 11.5. The highest BCUT2D eigenvalue weighted by atomic mass is 16.5. The van der Waals surface area contributed by atoms with Crippen molar-refractivity contribution in [2.45, 2.75) is 56.7 Å². The Morgan fingerprint density at radius 3 is 2.44 bits per heavy atom. The molecule has 0 unspecified atom stereocenters. The summed E-state index contributed by atoms with van der Waals surface area (Å²) in [4.78, 5) is 0. The molecule has 2 aliphatic heterocycles. The Bertz CT molecular complexity index is 785. The summed E-state index contributed by atoms with van der Waals surface area (Å²) in [5.41, 5.74) is 5.68. The highest BCUT2D eigenvalue weighted by molar-refractivity contribution is 5.69. The lowest BCUT2D eigenvalue weighted by atomic mass is 9.68. The summed E-state index contributed by atoms with van der Waals surface area (Å²) in [6, 6.07) is 19.9. The molecule has 2 aromatic carbocycles. The molecule has 128 valence electrons. The average molecular weight is 330 g/mol. The van der Waals surface area contributed by atoms with Crippen molar-refractivity contribution >= 4 is 5.57 Å². The zero-order chi connectivity index (χ0) is 16.7. The third-order valence-electron chi connectivity index (χ3n) is 6.50. The first-order valence-electron chi connectivity index (χ1n) is 9.87. The van der Waals surface area contributed by atoms with Crippen molar-refractivity contribution in [3.8, 4) is 0 Å². The normalized spacial score (nSPS) is 29.0. The zero-order valence-electron chi connectivity index (χ0n) is 14.8. The minimum atomic E-state index is -0.0944. The van der Waals surface area contributed by atoms with Crippen LogP contribution in [0.4, 0.5) is 0 Å². The van der Waals surface area contributed by atoms with Crippen molar-refractivity contribution in [2.24, 2.45) is 5.92 Å². The number of hydrogen-bond donors (Lipinski definition) is 0. The summed E-state index contributed by atoms with van der Waals surface area (Å²) in [7, 11) is 0. The van der Waals surface area contributed by atoms with E-state index < -0.39 is 0 Å². The maximum absolute atomic E-state index is 6.85. The van der Waals surface area contributed by atoms with Gasteiger partial charge >= 0.3 is 0 Å². The van der Waals surface area contributed by atoms with E-state index in [0.29, 0.717) is 5.92 Å². The Morgan fingerprint density at radius 2 is 1.60 bits per heavy atom. The molecular formula is C24H26O. The molecule has 2 aromatic rings. The molecule has 0 spiro atoms. The standard InChI is InChI=1S/C24H26O/c1-3-9-18(10-4-1)20-15-23-22-14-8-7-11-19(22)16-24(17-20,25-23)21-12-5-2-6-13-21/h1,3-4,7-11,14,17,21,23H,2,5-6,12-13,15-16H2/t23-,24-/m1/s1. The van der Waals surface area contributed by atoms with Crippen LogP contribution in [-0.4, -0.2) is 5.60 Å². The predicted octanol–water partition coefficient (Wildman–Crippen LogP) is 6.11. The zero-order valence-corrected chi connectivity index (χ0v) is 14.8. The second-order valence-electron chi connectivity index (χ2n) is 8.01. The molecule has 2 heterocycles. The van der Waals surface area contributed by atoms with Gasteiger partial charge in [-0.3, -0.25) is 0 Å². The van der Waals surface area contributed by atoms with Gasteiger partial charge in [-0.1, -0.05) is 73.9 Å². The van der Waals surface area contributed by atoms with Crippen LogP contribution < -0.4 is 0 Å². The fraction of sp³-hybridized carbons (Fsp3) is 0.417. The number of hydrogen-bond acceptors (Lipinski definition) is 1. The Kier molecular flexibility index (Phi) is 3.78. The van der Waals surface area contributed by atoms with Gasteiger partial charge in [-0.05, 0) is 47.1 Å². The van der Waals surface area contributed by atoms with Crippen molar-refractivity contribution in [2.75, 3.05) is 0 Å². The summed E-state index contributed by atoms with van der Waals surface area (Å²) in [5, 5.41) is 0. The fourth-order valence-corrected chi connectivity index (χ4v) is 5.27. The van der Waals surface area contributed by atoms with Crippen LogP contribution in [-0.2, 0) is 11.2 Å². The van der Waals surface area contributed by atoms with E-state index in [1.165, 1.54) is 54.4 Å². The van der Waals surface area contributed by atoms with Crippen LogP contribution in [0.2, 0.25) is 0 Å². The summed E-state index contributed by atoms with van der Waals surface area (Å²) in [6.45, 7) is 0. The number of rotatable bonds is 2. The first-order chi connectivity index (χ1) is 12.3. The van der Waals surface area contributed by atoms with Crippen LogP contribution in [0.1, 0.15) is 61.3 Å². The molecular weight excluding hydrogens is 304 g/mol. The van der Waals surface area contributed by atoms with Crippen LogP contribution in [0.25, 0.3) is 5.57 Å². The lowest BCUT2D eigenvalue weighted by Crippen LogP contribution is -2.48. The Balaban J connectivity index is 1.62. The van der Waals surface area contributed by atoms with E-state index in [1.807, 2.05) is 0 Å². The molecule has 2 bridgehead atoms. The monoisotopic (exact) mass is 330 g/mol. The van der Waals surface area contributed by atoms with Crippen molar-refractivity contribution in [3.05, 3.63) is 77.4 Å². The minimum absolute atomic E-state index is 0.0944. The van der Waals surface area contributed by atoms with Gasteiger partial charge in [-0.25, -0.2) is 0 Å². The van der Waals surface area contributed by atoms with Crippen LogP contribution >= 0.6 is 0 Å². The molecule has 1 saturated carbocycles. The maximum Gasteiger partial charge on any atom is 0.0945 e. The van der Waals surface area contributed by atoms with Gasteiger partial charge in [0, 0.05) is 12.8 Å². The lowest BCUT2D eigenvalue weighted by molar-refractivity contribution is -0.121. The van der Waals surface area contributed by atoms with E-state index in [2.05, 4.69) is 60.7 Å². The molecule has 0 saturated heterocycles. The molecule has 0 amide bonds. The smallest absolute Gasteiger partial charge is 0.0945 e. The maximum atomic E-state index is 6.85. The number of benzene rings is 2. The second kappa shape index (κ2) is 6.14. The van der Waals surface area contributed by atoms with Crippen LogP contribution in [0.3, 0.4) is 0 Å². The second-order valence-corrected chi connectivity index (χ2v) is 8.01. The van der Waals surface area contributed by atoms with Gasteiger partial charge in [0.05, 0.1) is 11.7 Å². The quantitative estimate of drug-likeness (QED) is 0.646. The van der Waals surface area contributed by atoms with E-state index in [0.717, 1.165) is 12.8 Å². The Hall–Kier alpha value is -1.86. The molecule has 25 heavy (non-hydrogen) atoms. The summed E-state index contributed by atoms with van der Waals surface area (Å²) in [5.74, 6) is 0.663. The van der Waals surface area contributed by atoms with Gasteiger partial charge in [-0.15, -0.1) is 0 Å². The van der Waals surface area contributed by atoms with Gasteiger partial charge in [0.1, 0.15) is 0 Å². The minimum Gasteiger partial charge on any atom is -0.362 e. The molecule has 2 atom stereocenters. The molecule has 0 N–H and O–H groups in total. The van der Waals surface area contributed by atoms with Crippen LogP contribution in [0.5, 0.6) is 0 Å². The highest BCUT2D eigenvalue weighted by Crippen LogP contribution is 2.52. The summed E-state index contributed by atoms with van der Waals surface area (Å²) >= 11 is 0. The topological polar surface area (TPSA) is 9.23 Å².